The number of ketones is 1. The van der Waals surface area contributed by atoms with E-state index < -0.39 is 0 Å². The number of aryl methyl sites for hydroxylation is 1. The van der Waals surface area contributed by atoms with Crippen LogP contribution in [0.15, 0.2) is 61.7 Å². The normalized spacial score (nSPS) is 10.8. The predicted octanol–water partition coefficient (Wildman–Crippen LogP) is 5.01. The first-order valence-electron chi connectivity index (χ1n) is 8.61. The minimum atomic E-state index is -0.147. The molecule has 0 amide bonds. The van der Waals surface area contributed by atoms with Crippen molar-refractivity contribution in [2.24, 2.45) is 0 Å². The average molecular weight is 348 g/mol. The van der Waals surface area contributed by atoms with Gasteiger partial charge in [0.1, 0.15) is 11.5 Å². The smallest absolute Gasteiger partial charge is 0.185 e. The molecular formula is C23H24O3. The Hall–Kier alpha value is -3.07. The van der Waals surface area contributed by atoms with Crippen molar-refractivity contribution in [3.8, 4) is 11.5 Å². The van der Waals surface area contributed by atoms with Gasteiger partial charge in [0.2, 0.25) is 0 Å². The maximum absolute atomic E-state index is 12.5. The van der Waals surface area contributed by atoms with Crippen LogP contribution in [0.2, 0.25) is 0 Å². The SMILES string of the molecule is C=CCc1cc(C(=O)/C=C/c2cc(CC)c(O)c(CC=C)c2)ccc1O. The Bertz CT molecular complexity index is 860. The molecule has 134 valence electrons. The van der Waals surface area contributed by atoms with Crippen LogP contribution in [0, 0.1) is 0 Å². The van der Waals surface area contributed by atoms with Crippen molar-refractivity contribution < 1.29 is 15.0 Å². The number of hydrogen-bond donors (Lipinski definition) is 2. The van der Waals surface area contributed by atoms with E-state index in [0.717, 1.165) is 16.7 Å². The number of phenolic OH excluding ortho intramolecular Hbond substituents is 2. The number of carbonyl (C=O) groups excluding carboxylic acids is 1. The highest BCUT2D eigenvalue weighted by Crippen LogP contribution is 2.27. The second-order valence-corrected chi connectivity index (χ2v) is 6.07. The van der Waals surface area contributed by atoms with E-state index in [4.69, 9.17) is 0 Å². The summed E-state index contributed by atoms with van der Waals surface area (Å²) in [5, 5.41) is 20.0. The van der Waals surface area contributed by atoms with E-state index in [9.17, 15) is 15.0 Å². The van der Waals surface area contributed by atoms with E-state index in [1.165, 1.54) is 12.1 Å². The van der Waals surface area contributed by atoms with Crippen LogP contribution in [0.4, 0.5) is 0 Å². The Morgan fingerprint density at radius 1 is 1.00 bits per heavy atom. The molecule has 2 rings (SSSR count). The number of rotatable bonds is 8. The zero-order valence-corrected chi connectivity index (χ0v) is 15.0. The van der Waals surface area contributed by atoms with Crippen molar-refractivity contribution in [1.29, 1.82) is 0 Å². The minimum Gasteiger partial charge on any atom is -0.508 e. The van der Waals surface area contributed by atoms with Gasteiger partial charge in [0.05, 0.1) is 0 Å². The summed E-state index contributed by atoms with van der Waals surface area (Å²) in [6, 6.07) is 8.55. The minimum absolute atomic E-state index is 0.147. The monoisotopic (exact) mass is 348 g/mol. The molecule has 0 unspecified atom stereocenters. The molecule has 0 aliphatic rings. The molecule has 0 heterocycles. The Kier molecular flexibility index (Phi) is 6.56. The molecule has 0 bridgehead atoms. The molecule has 3 nitrogen and oxygen atoms in total. The number of allylic oxidation sites excluding steroid dienone is 3. The van der Waals surface area contributed by atoms with E-state index in [2.05, 4.69) is 13.2 Å². The highest BCUT2D eigenvalue weighted by atomic mass is 16.3. The summed E-state index contributed by atoms with van der Waals surface area (Å²) in [6.07, 6.45) is 8.44. The van der Waals surface area contributed by atoms with Crippen molar-refractivity contribution in [3.63, 3.8) is 0 Å². The van der Waals surface area contributed by atoms with Gasteiger partial charge in [0.15, 0.2) is 5.78 Å². The van der Waals surface area contributed by atoms with Gasteiger partial charge in [-0.1, -0.05) is 25.2 Å². The molecule has 0 radical (unpaired) electrons. The second kappa shape index (κ2) is 8.86. The van der Waals surface area contributed by atoms with Crippen LogP contribution in [0.5, 0.6) is 11.5 Å². The topological polar surface area (TPSA) is 57.5 Å². The molecule has 0 saturated carbocycles. The molecule has 0 saturated heterocycles. The molecule has 0 aliphatic heterocycles. The van der Waals surface area contributed by atoms with Gasteiger partial charge < -0.3 is 10.2 Å². The van der Waals surface area contributed by atoms with E-state index in [-0.39, 0.29) is 11.5 Å². The highest BCUT2D eigenvalue weighted by Gasteiger charge is 2.09. The summed E-state index contributed by atoms with van der Waals surface area (Å²) in [6.45, 7) is 9.35. The Morgan fingerprint density at radius 3 is 2.31 bits per heavy atom. The molecule has 0 fully saturated rings. The molecule has 2 aromatic rings. The summed E-state index contributed by atoms with van der Waals surface area (Å²) >= 11 is 0. The summed E-state index contributed by atoms with van der Waals surface area (Å²) in [5.74, 6) is 0.306. The largest absolute Gasteiger partial charge is 0.508 e. The Labute approximate surface area is 154 Å². The third-order valence-corrected chi connectivity index (χ3v) is 4.19. The average Bonchev–Trinajstić information content (AvgIpc) is 2.64. The summed E-state index contributed by atoms with van der Waals surface area (Å²) in [4.78, 5) is 12.5. The standard InChI is InChI=1S/C23H24O3/c1-4-7-18-15-19(10-12-22(18)25)21(24)11-9-16-13-17(6-3)23(26)20(14-16)8-5-2/h4-5,9-15,25-26H,1-2,6-8H2,3H3/b11-9+. The van der Waals surface area contributed by atoms with Crippen molar-refractivity contribution in [2.45, 2.75) is 26.2 Å². The maximum atomic E-state index is 12.5. The lowest BCUT2D eigenvalue weighted by Gasteiger charge is -2.09. The van der Waals surface area contributed by atoms with Gasteiger partial charge in [-0.2, -0.15) is 0 Å². The lowest BCUT2D eigenvalue weighted by molar-refractivity contribution is 0.104. The van der Waals surface area contributed by atoms with Crippen molar-refractivity contribution in [1.82, 2.24) is 0 Å². The molecule has 0 spiro atoms. The number of aromatic hydroxyl groups is 2. The van der Waals surface area contributed by atoms with E-state index in [1.54, 1.807) is 30.4 Å². The van der Waals surface area contributed by atoms with Crippen LogP contribution in [0.3, 0.4) is 0 Å². The van der Waals surface area contributed by atoms with Crippen molar-refractivity contribution in [3.05, 3.63) is 89.5 Å². The molecule has 2 aromatic carbocycles. The lowest BCUT2D eigenvalue weighted by atomic mass is 9.99. The fourth-order valence-electron chi connectivity index (χ4n) is 2.79. The van der Waals surface area contributed by atoms with Gasteiger partial charge in [-0.15, -0.1) is 13.2 Å². The first kappa shape index (κ1) is 19.3. The third kappa shape index (κ3) is 4.51. The van der Waals surface area contributed by atoms with Crippen LogP contribution in [-0.2, 0) is 19.3 Å². The van der Waals surface area contributed by atoms with Crippen LogP contribution in [0.1, 0.15) is 39.5 Å². The Balaban J connectivity index is 2.30. The number of benzene rings is 2. The first-order chi connectivity index (χ1) is 12.5. The summed E-state index contributed by atoms with van der Waals surface area (Å²) < 4.78 is 0. The van der Waals surface area contributed by atoms with Gasteiger partial charge in [-0.3, -0.25) is 4.79 Å². The van der Waals surface area contributed by atoms with Crippen molar-refractivity contribution >= 4 is 11.9 Å². The van der Waals surface area contributed by atoms with Crippen LogP contribution in [-0.4, -0.2) is 16.0 Å². The van der Waals surface area contributed by atoms with Crippen LogP contribution in [0.25, 0.3) is 6.08 Å². The third-order valence-electron chi connectivity index (χ3n) is 4.19. The van der Waals surface area contributed by atoms with Gasteiger partial charge >= 0.3 is 0 Å². The number of hydrogen-bond acceptors (Lipinski definition) is 3. The zero-order valence-electron chi connectivity index (χ0n) is 15.0. The second-order valence-electron chi connectivity index (χ2n) is 6.07. The zero-order chi connectivity index (χ0) is 19.1. The molecule has 0 aromatic heterocycles. The molecule has 0 atom stereocenters. The number of carbonyl (C=O) groups is 1. The summed E-state index contributed by atoms with van der Waals surface area (Å²) in [5.41, 5.74) is 3.68. The molecule has 26 heavy (non-hydrogen) atoms. The molecule has 3 heteroatoms. The van der Waals surface area contributed by atoms with Gasteiger partial charge in [-0.25, -0.2) is 0 Å². The summed E-state index contributed by atoms with van der Waals surface area (Å²) in [7, 11) is 0. The van der Waals surface area contributed by atoms with E-state index in [1.807, 2.05) is 19.1 Å². The van der Waals surface area contributed by atoms with Gasteiger partial charge in [0.25, 0.3) is 0 Å². The molecule has 0 aliphatic carbocycles. The van der Waals surface area contributed by atoms with E-state index >= 15 is 0 Å². The molecular weight excluding hydrogens is 324 g/mol. The quantitative estimate of drug-likeness (QED) is 0.400. The van der Waals surface area contributed by atoms with Crippen molar-refractivity contribution in [2.75, 3.05) is 0 Å². The van der Waals surface area contributed by atoms with Gasteiger partial charge in [-0.05, 0) is 77.9 Å². The number of phenols is 2. The van der Waals surface area contributed by atoms with Crippen LogP contribution >= 0.6 is 0 Å². The Morgan fingerprint density at radius 2 is 1.65 bits per heavy atom. The van der Waals surface area contributed by atoms with Gasteiger partial charge in [0, 0.05) is 5.56 Å². The fourth-order valence-corrected chi connectivity index (χ4v) is 2.79. The predicted molar refractivity (Wildman–Crippen MR) is 107 cm³/mol. The lowest BCUT2D eigenvalue weighted by Crippen LogP contribution is -1.96. The fraction of sp³-hybridized carbons (Fsp3) is 0.174. The highest BCUT2D eigenvalue weighted by molar-refractivity contribution is 6.07. The van der Waals surface area contributed by atoms with Crippen LogP contribution < -0.4 is 0 Å². The first-order valence-corrected chi connectivity index (χ1v) is 8.61. The van der Waals surface area contributed by atoms with E-state index in [0.29, 0.717) is 36.1 Å². The molecule has 2 N–H and O–H groups in total. The maximum Gasteiger partial charge on any atom is 0.185 e.